The van der Waals surface area contributed by atoms with Crippen molar-refractivity contribution in [1.29, 1.82) is 0 Å². The van der Waals surface area contributed by atoms with E-state index in [4.69, 9.17) is 0 Å². The van der Waals surface area contributed by atoms with E-state index in [0.29, 0.717) is 0 Å². The topological polar surface area (TPSA) is 24.1 Å². The fourth-order valence-electron chi connectivity index (χ4n) is 0.913. The van der Waals surface area contributed by atoms with Crippen LogP contribution in [0.25, 0.3) is 0 Å². The highest BCUT2D eigenvalue weighted by molar-refractivity contribution is 5.12. The molecule has 8 heavy (non-hydrogen) atoms. The van der Waals surface area contributed by atoms with Crippen molar-refractivity contribution in [1.82, 2.24) is 10.6 Å². The second-order valence-corrected chi connectivity index (χ2v) is 1.99. The summed E-state index contributed by atoms with van der Waals surface area (Å²) in [5.74, 6) is 0. The zero-order chi connectivity index (χ0) is 5.98. The average Bonchev–Trinajstić information content (AvgIpc) is 2.14. The van der Waals surface area contributed by atoms with Crippen molar-refractivity contribution in [3.63, 3.8) is 0 Å². The molecule has 0 aliphatic carbocycles. The minimum absolute atomic E-state index is 0.912. The minimum Gasteiger partial charge on any atom is -0.370 e. The highest BCUT2D eigenvalue weighted by Crippen LogP contribution is 2.04. The molecule has 0 unspecified atom stereocenters. The summed E-state index contributed by atoms with van der Waals surface area (Å²) in [6, 6.07) is 0. The van der Waals surface area contributed by atoms with Crippen LogP contribution in [-0.2, 0) is 0 Å². The Morgan fingerprint density at radius 3 is 2.50 bits per heavy atom. The van der Waals surface area contributed by atoms with Crippen LogP contribution in [0.5, 0.6) is 0 Å². The molecule has 1 heterocycles. The zero-order valence-electron chi connectivity index (χ0n) is 5.41. The van der Waals surface area contributed by atoms with Crippen molar-refractivity contribution < 1.29 is 0 Å². The SMILES string of the molecule is CCC1=C(C)NCN1. The first-order valence-electron chi connectivity index (χ1n) is 3.02. The van der Waals surface area contributed by atoms with Crippen molar-refractivity contribution in [3.8, 4) is 0 Å². The summed E-state index contributed by atoms with van der Waals surface area (Å²) in [6.45, 7) is 5.16. The smallest absolute Gasteiger partial charge is 0.0845 e. The lowest BCUT2D eigenvalue weighted by molar-refractivity contribution is 0.784. The van der Waals surface area contributed by atoms with E-state index in [0.717, 1.165) is 13.1 Å². The van der Waals surface area contributed by atoms with Crippen molar-refractivity contribution in [2.75, 3.05) is 6.67 Å². The van der Waals surface area contributed by atoms with Crippen LogP contribution in [0.1, 0.15) is 20.3 Å². The molecule has 0 fully saturated rings. The van der Waals surface area contributed by atoms with Crippen LogP contribution in [0.15, 0.2) is 11.4 Å². The van der Waals surface area contributed by atoms with E-state index in [1.54, 1.807) is 0 Å². The predicted molar refractivity (Wildman–Crippen MR) is 34.1 cm³/mol. The number of hydrogen-bond acceptors (Lipinski definition) is 2. The molecule has 0 amide bonds. The maximum atomic E-state index is 3.22. The first-order chi connectivity index (χ1) is 3.84. The summed E-state index contributed by atoms with van der Waals surface area (Å²) < 4.78 is 0. The Morgan fingerprint density at radius 2 is 2.25 bits per heavy atom. The Morgan fingerprint density at radius 1 is 1.50 bits per heavy atom. The van der Waals surface area contributed by atoms with Gasteiger partial charge in [-0.1, -0.05) is 6.92 Å². The summed E-state index contributed by atoms with van der Waals surface area (Å²) in [4.78, 5) is 0. The van der Waals surface area contributed by atoms with Gasteiger partial charge < -0.3 is 10.6 Å². The van der Waals surface area contributed by atoms with Gasteiger partial charge in [0.15, 0.2) is 0 Å². The number of nitrogens with one attached hydrogen (secondary N) is 2. The van der Waals surface area contributed by atoms with E-state index in [1.807, 2.05) is 0 Å². The Kier molecular flexibility index (Phi) is 1.42. The molecule has 2 N–H and O–H groups in total. The van der Waals surface area contributed by atoms with E-state index in [9.17, 15) is 0 Å². The number of allylic oxidation sites excluding steroid dienone is 2. The Labute approximate surface area is 50.0 Å². The molecule has 1 aliphatic heterocycles. The molecule has 0 radical (unpaired) electrons. The molecule has 0 spiro atoms. The fourth-order valence-corrected chi connectivity index (χ4v) is 0.913. The van der Waals surface area contributed by atoms with Crippen LogP contribution in [0.4, 0.5) is 0 Å². The third-order valence-corrected chi connectivity index (χ3v) is 1.46. The molecule has 0 saturated carbocycles. The maximum absolute atomic E-state index is 3.22. The minimum atomic E-state index is 0.912. The highest BCUT2D eigenvalue weighted by Gasteiger charge is 2.03. The van der Waals surface area contributed by atoms with Crippen molar-refractivity contribution in [2.24, 2.45) is 0 Å². The van der Waals surface area contributed by atoms with E-state index in [1.165, 1.54) is 11.4 Å². The van der Waals surface area contributed by atoms with E-state index >= 15 is 0 Å². The van der Waals surface area contributed by atoms with Gasteiger partial charge >= 0.3 is 0 Å². The number of rotatable bonds is 1. The molecule has 0 atom stereocenters. The van der Waals surface area contributed by atoms with Crippen LogP contribution in [0.3, 0.4) is 0 Å². The van der Waals surface area contributed by atoms with Gasteiger partial charge in [0.2, 0.25) is 0 Å². The van der Waals surface area contributed by atoms with Crippen molar-refractivity contribution in [2.45, 2.75) is 20.3 Å². The monoisotopic (exact) mass is 112 g/mol. The van der Waals surface area contributed by atoms with Gasteiger partial charge in [0.05, 0.1) is 6.67 Å². The zero-order valence-corrected chi connectivity index (χ0v) is 5.41. The number of hydrogen-bond donors (Lipinski definition) is 2. The third kappa shape index (κ3) is 0.782. The molecule has 0 aromatic carbocycles. The molecule has 0 aromatic heterocycles. The summed E-state index contributed by atoms with van der Waals surface area (Å²) in [5.41, 5.74) is 2.65. The van der Waals surface area contributed by atoms with Crippen LogP contribution in [0.2, 0.25) is 0 Å². The molecule has 1 rings (SSSR count). The lowest BCUT2D eigenvalue weighted by Gasteiger charge is -1.95. The first-order valence-corrected chi connectivity index (χ1v) is 3.02. The van der Waals surface area contributed by atoms with Gasteiger partial charge in [0.1, 0.15) is 0 Å². The first kappa shape index (κ1) is 5.48. The highest BCUT2D eigenvalue weighted by atomic mass is 15.1. The standard InChI is InChI=1S/C6H12N2/c1-3-6-5(2)7-4-8-6/h7-8H,3-4H2,1-2H3. The summed E-state index contributed by atoms with van der Waals surface area (Å²) >= 11 is 0. The average molecular weight is 112 g/mol. The van der Waals surface area contributed by atoms with E-state index in [-0.39, 0.29) is 0 Å². The Balaban J connectivity index is 2.58. The normalized spacial score (nSPS) is 18.2. The van der Waals surface area contributed by atoms with Gasteiger partial charge in [-0.3, -0.25) is 0 Å². The maximum Gasteiger partial charge on any atom is 0.0845 e. The van der Waals surface area contributed by atoms with Crippen LogP contribution < -0.4 is 10.6 Å². The van der Waals surface area contributed by atoms with Gasteiger partial charge in [-0.2, -0.15) is 0 Å². The quantitative estimate of drug-likeness (QED) is 0.523. The lowest BCUT2D eigenvalue weighted by Crippen LogP contribution is -2.14. The van der Waals surface area contributed by atoms with Crippen molar-refractivity contribution in [3.05, 3.63) is 11.4 Å². The van der Waals surface area contributed by atoms with Gasteiger partial charge in [-0.15, -0.1) is 0 Å². The largest absolute Gasteiger partial charge is 0.370 e. The van der Waals surface area contributed by atoms with E-state index < -0.39 is 0 Å². The predicted octanol–water partition coefficient (Wildman–Crippen LogP) is 0.778. The van der Waals surface area contributed by atoms with Crippen LogP contribution in [-0.4, -0.2) is 6.67 Å². The summed E-state index contributed by atoms with van der Waals surface area (Å²) in [6.07, 6.45) is 1.11. The van der Waals surface area contributed by atoms with Gasteiger partial charge in [-0.05, 0) is 13.3 Å². The third-order valence-electron chi connectivity index (χ3n) is 1.46. The van der Waals surface area contributed by atoms with E-state index in [2.05, 4.69) is 24.5 Å². The molecule has 0 bridgehead atoms. The Bertz CT molecular complexity index is 116. The summed E-state index contributed by atoms with van der Waals surface area (Å²) in [5, 5.41) is 6.41. The molecule has 1 aliphatic rings. The summed E-state index contributed by atoms with van der Waals surface area (Å²) in [7, 11) is 0. The molecule has 0 aromatic rings. The van der Waals surface area contributed by atoms with Crippen molar-refractivity contribution >= 4 is 0 Å². The molecular formula is C6H12N2. The fraction of sp³-hybridized carbons (Fsp3) is 0.667. The Hall–Kier alpha value is -0.660. The lowest BCUT2D eigenvalue weighted by atomic mass is 10.3. The molecular weight excluding hydrogens is 100 g/mol. The van der Waals surface area contributed by atoms with Gasteiger partial charge in [-0.25, -0.2) is 0 Å². The molecule has 2 nitrogen and oxygen atoms in total. The van der Waals surface area contributed by atoms with Crippen LogP contribution in [0, 0.1) is 0 Å². The van der Waals surface area contributed by atoms with Gasteiger partial charge in [0, 0.05) is 11.4 Å². The molecule has 2 heteroatoms. The second kappa shape index (κ2) is 2.07. The molecule has 46 valence electrons. The second-order valence-electron chi connectivity index (χ2n) is 1.99. The van der Waals surface area contributed by atoms with Gasteiger partial charge in [0.25, 0.3) is 0 Å². The molecule has 0 saturated heterocycles. The van der Waals surface area contributed by atoms with Crippen LogP contribution >= 0.6 is 0 Å².